The number of carboxylic acids is 1. The molecule has 0 radical (unpaired) electrons. The van der Waals surface area contributed by atoms with E-state index in [9.17, 15) is 9.59 Å². The van der Waals surface area contributed by atoms with E-state index in [4.69, 9.17) is 16.7 Å². The molecule has 0 aromatic heterocycles. The topological polar surface area (TPSA) is 54.4 Å². The number of ketones is 1. The van der Waals surface area contributed by atoms with Gasteiger partial charge in [-0.2, -0.15) is 0 Å². The zero-order chi connectivity index (χ0) is 11.3. The molecule has 4 heteroatoms. The van der Waals surface area contributed by atoms with E-state index in [2.05, 4.69) is 0 Å². The Labute approximate surface area is 92.7 Å². The average molecular weight is 227 g/mol. The fraction of sp³-hybridized carbons (Fsp3) is 0.273. The Morgan fingerprint density at radius 2 is 1.93 bits per heavy atom. The van der Waals surface area contributed by atoms with E-state index in [0.717, 1.165) is 0 Å². The molecule has 0 saturated heterocycles. The van der Waals surface area contributed by atoms with Crippen LogP contribution < -0.4 is 0 Å². The second-order valence-corrected chi connectivity index (χ2v) is 3.47. The monoisotopic (exact) mass is 226 g/mol. The summed E-state index contributed by atoms with van der Waals surface area (Å²) in [5.41, 5.74) is 1.00. The van der Waals surface area contributed by atoms with E-state index in [1.165, 1.54) is 0 Å². The van der Waals surface area contributed by atoms with Gasteiger partial charge in [-0.25, -0.2) is 0 Å². The van der Waals surface area contributed by atoms with Crippen LogP contribution in [0.5, 0.6) is 0 Å². The van der Waals surface area contributed by atoms with E-state index < -0.39 is 5.97 Å². The Hall–Kier alpha value is -1.35. The summed E-state index contributed by atoms with van der Waals surface area (Å²) in [5, 5.41) is 8.67. The van der Waals surface area contributed by atoms with Gasteiger partial charge in [-0.3, -0.25) is 9.59 Å². The van der Waals surface area contributed by atoms with Crippen LogP contribution in [0.3, 0.4) is 0 Å². The van der Waals surface area contributed by atoms with Gasteiger partial charge in [-0.1, -0.05) is 24.3 Å². The van der Waals surface area contributed by atoms with Crippen LogP contribution in [-0.2, 0) is 11.2 Å². The highest BCUT2D eigenvalue weighted by molar-refractivity contribution is 6.19. The highest BCUT2D eigenvalue weighted by Crippen LogP contribution is 2.12. The molecule has 0 aliphatic rings. The molecule has 0 aliphatic carbocycles. The molecular weight excluding hydrogens is 216 g/mol. The van der Waals surface area contributed by atoms with Gasteiger partial charge in [0.15, 0.2) is 5.78 Å². The van der Waals surface area contributed by atoms with Gasteiger partial charge in [0, 0.05) is 17.9 Å². The van der Waals surface area contributed by atoms with Gasteiger partial charge in [0.25, 0.3) is 0 Å². The summed E-state index contributed by atoms with van der Waals surface area (Å²) in [7, 11) is 0. The number of carbonyl (C=O) groups is 2. The first-order chi connectivity index (χ1) is 7.15. The Bertz CT molecular complexity index is 374. The van der Waals surface area contributed by atoms with Gasteiger partial charge in [-0.05, 0) is 5.56 Å². The zero-order valence-corrected chi connectivity index (χ0v) is 8.83. The molecule has 0 amide bonds. The normalized spacial score (nSPS) is 9.93. The third-order valence-corrected chi connectivity index (χ3v) is 2.17. The lowest BCUT2D eigenvalue weighted by Crippen LogP contribution is -2.08. The van der Waals surface area contributed by atoms with Crippen LogP contribution in [0.2, 0.25) is 0 Å². The SMILES string of the molecule is O=C(O)Cc1ccccc1C(=O)CCCl. The first kappa shape index (κ1) is 11.7. The number of hydrogen-bond donors (Lipinski definition) is 1. The Morgan fingerprint density at radius 1 is 1.27 bits per heavy atom. The van der Waals surface area contributed by atoms with Crippen molar-refractivity contribution in [3.63, 3.8) is 0 Å². The second kappa shape index (κ2) is 5.51. The quantitative estimate of drug-likeness (QED) is 0.618. The summed E-state index contributed by atoms with van der Waals surface area (Å²) >= 11 is 5.47. The smallest absolute Gasteiger partial charge is 0.307 e. The molecule has 1 N–H and O–H groups in total. The number of halogens is 1. The Morgan fingerprint density at radius 3 is 2.53 bits per heavy atom. The lowest BCUT2D eigenvalue weighted by Gasteiger charge is -2.05. The van der Waals surface area contributed by atoms with Gasteiger partial charge < -0.3 is 5.11 Å². The highest BCUT2D eigenvalue weighted by Gasteiger charge is 2.12. The maximum Gasteiger partial charge on any atom is 0.307 e. The van der Waals surface area contributed by atoms with Crippen molar-refractivity contribution in [3.05, 3.63) is 35.4 Å². The van der Waals surface area contributed by atoms with Crippen LogP contribution in [0.15, 0.2) is 24.3 Å². The predicted molar refractivity (Wildman–Crippen MR) is 57.4 cm³/mol. The first-order valence-corrected chi connectivity index (χ1v) is 5.07. The maximum atomic E-state index is 11.6. The number of aliphatic carboxylic acids is 1. The number of Topliss-reactive ketones (excluding diaryl/α,β-unsaturated/α-hetero) is 1. The Kier molecular flexibility index (Phi) is 4.31. The number of hydrogen-bond acceptors (Lipinski definition) is 2. The van der Waals surface area contributed by atoms with Gasteiger partial charge in [0.05, 0.1) is 6.42 Å². The van der Waals surface area contributed by atoms with E-state index >= 15 is 0 Å². The van der Waals surface area contributed by atoms with E-state index in [0.29, 0.717) is 11.1 Å². The molecule has 1 aromatic carbocycles. The van der Waals surface area contributed by atoms with Gasteiger partial charge in [0.2, 0.25) is 0 Å². The Balaban J connectivity index is 2.95. The van der Waals surface area contributed by atoms with Crippen LogP contribution in [-0.4, -0.2) is 22.7 Å². The molecule has 0 spiro atoms. The van der Waals surface area contributed by atoms with Gasteiger partial charge in [0.1, 0.15) is 0 Å². The van der Waals surface area contributed by atoms with Crippen LogP contribution >= 0.6 is 11.6 Å². The number of carboxylic acid groups (broad SMARTS) is 1. The molecule has 0 heterocycles. The van der Waals surface area contributed by atoms with Gasteiger partial charge in [-0.15, -0.1) is 11.6 Å². The van der Waals surface area contributed by atoms with Crippen molar-refractivity contribution in [2.75, 3.05) is 5.88 Å². The lowest BCUT2D eigenvalue weighted by molar-refractivity contribution is -0.136. The molecule has 0 saturated carbocycles. The summed E-state index contributed by atoms with van der Waals surface area (Å²) in [5.74, 6) is -0.803. The highest BCUT2D eigenvalue weighted by atomic mass is 35.5. The molecule has 0 fully saturated rings. The van der Waals surface area contributed by atoms with E-state index in [1.807, 2.05) is 0 Å². The van der Waals surface area contributed by atoms with Crippen molar-refractivity contribution in [1.82, 2.24) is 0 Å². The third kappa shape index (κ3) is 3.36. The summed E-state index contributed by atoms with van der Waals surface area (Å²) in [6.45, 7) is 0. The number of rotatable bonds is 5. The second-order valence-electron chi connectivity index (χ2n) is 3.09. The largest absolute Gasteiger partial charge is 0.481 e. The molecule has 15 heavy (non-hydrogen) atoms. The van der Waals surface area contributed by atoms with E-state index in [1.54, 1.807) is 24.3 Å². The van der Waals surface area contributed by atoms with Crippen molar-refractivity contribution in [1.29, 1.82) is 0 Å². The zero-order valence-electron chi connectivity index (χ0n) is 8.07. The summed E-state index contributed by atoms with van der Waals surface area (Å²) in [6, 6.07) is 6.71. The molecule has 0 atom stereocenters. The summed E-state index contributed by atoms with van der Waals surface area (Å²) < 4.78 is 0. The molecule has 1 aromatic rings. The molecule has 0 bridgehead atoms. The standard InChI is InChI=1S/C11H11ClO3/c12-6-5-10(13)9-4-2-1-3-8(9)7-11(14)15/h1-4H,5-7H2,(H,14,15). The lowest BCUT2D eigenvalue weighted by atomic mass is 10.00. The van der Waals surface area contributed by atoms with Crippen molar-refractivity contribution in [2.45, 2.75) is 12.8 Å². The molecule has 3 nitrogen and oxygen atoms in total. The predicted octanol–water partition coefficient (Wildman–Crippen LogP) is 2.13. The minimum Gasteiger partial charge on any atom is -0.481 e. The number of carbonyl (C=O) groups excluding carboxylic acids is 1. The molecule has 0 unspecified atom stereocenters. The van der Waals surface area contributed by atoms with Crippen LogP contribution in [0.25, 0.3) is 0 Å². The minimum absolute atomic E-state index is 0.109. The minimum atomic E-state index is -0.943. The van der Waals surface area contributed by atoms with E-state index in [-0.39, 0.29) is 24.5 Å². The fourth-order valence-electron chi connectivity index (χ4n) is 1.33. The number of alkyl halides is 1. The van der Waals surface area contributed by atoms with Crippen LogP contribution in [0.4, 0.5) is 0 Å². The average Bonchev–Trinajstić information content (AvgIpc) is 2.18. The molecule has 80 valence electrons. The van der Waals surface area contributed by atoms with Gasteiger partial charge >= 0.3 is 5.97 Å². The van der Waals surface area contributed by atoms with Crippen molar-refractivity contribution in [3.8, 4) is 0 Å². The molecular formula is C11H11ClO3. The first-order valence-electron chi connectivity index (χ1n) is 4.54. The molecule has 1 rings (SSSR count). The van der Waals surface area contributed by atoms with Crippen molar-refractivity contribution >= 4 is 23.4 Å². The third-order valence-electron chi connectivity index (χ3n) is 1.98. The van der Waals surface area contributed by atoms with Crippen LogP contribution in [0, 0.1) is 0 Å². The van der Waals surface area contributed by atoms with Crippen LogP contribution in [0.1, 0.15) is 22.3 Å². The number of benzene rings is 1. The van der Waals surface area contributed by atoms with Crippen molar-refractivity contribution in [2.24, 2.45) is 0 Å². The fourth-order valence-corrected chi connectivity index (χ4v) is 1.50. The summed E-state index contributed by atoms with van der Waals surface area (Å²) in [4.78, 5) is 22.1. The molecule has 0 aliphatic heterocycles. The maximum absolute atomic E-state index is 11.6. The summed E-state index contributed by atoms with van der Waals surface area (Å²) in [6.07, 6.45) is 0.0996. The van der Waals surface area contributed by atoms with Crippen molar-refractivity contribution < 1.29 is 14.7 Å².